The monoisotopic (exact) mass is 461 g/mol. The molecule has 1 aromatic carbocycles. The quantitative estimate of drug-likeness (QED) is 0.497. The van der Waals surface area contributed by atoms with Gasteiger partial charge in [-0.2, -0.15) is 13.2 Å². The number of methoxy groups -OCH3 is 2. The molecule has 2 rings (SSSR count). The van der Waals surface area contributed by atoms with Crippen molar-refractivity contribution in [2.75, 3.05) is 53.6 Å². The number of halogens is 4. The van der Waals surface area contributed by atoms with Crippen molar-refractivity contribution in [2.45, 2.75) is 25.1 Å². The maximum absolute atomic E-state index is 13.6. The second-order valence-corrected chi connectivity index (χ2v) is 7.98. The van der Waals surface area contributed by atoms with Gasteiger partial charge in [0, 0.05) is 32.0 Å². The zero-order chi connectivity index (χ0) is 23.7. The number of likely N-dealkylation sites (tertiary alicyclic amines) is 1. The van der Waals surface area contributed by atoms with Crippen molar-refractivity contribution < 1.29 is 31.8 Å². The number of hydrogen-bond donors (Lipinski definition) is 2. The minimum Gasteiger partial charge on any atom is -0.385 e. The molecular formula is C22H31F4N3O3. The fourth-order valence-electron chi connectivity index (χ4n) is 3.66. The van der Waals surface area contributed by atoms with Gasteiger partial charge in [-0.3, -0.25) is 9.69 Å². The van der Waals surface area contributed by atoms with Crippen LogP contribution in [0.15, 0.2) is 24.8 Å². The first-order valence-corrected chi connectivity index (χ1v) is 10.4. The number of carbonyl (C=O) groups excluding carboxylic acids is 1. The third-order valence-corrected chi connectivity index (χ3v) is 5.35. The van der Waals surface area contributed by atoms with Crippen LogP contribution in [0.5, 0.6) is 0 Å². The van der Waals surface area contributed by atoms with Crippen LogP contribution in [-0.2, 0) is 20.4 Å². The van der Waals surface area contributed by atoms with E-state index >= 15 is 0 Å². The largest absolute Gasteiger partial charge is 0.416 e. The van der Waals surface area contributed by atoms with Crippen LogP contribution in [0.4, 0.5) is 17.6 Å². The van der Waals surface area contributed by atoms with E-state index < -0.39 is 17.6 Å². The van der Waals surface area contributed by atoms with Crippen molar-refractivity contribution in [1.29, 1.82) is 0 Å². The minimum absolute atomic E-state index is 0.0769. The van der Waals surface area contributed by atoms with E-state index in [1.54, 1.807) is 14.2 Å². The zero-order valence-electron chi connectivity index (χ0n) is 18.4. The van der Waals surface area contributed by atoms with Gasteiger partial charge in [0.05, 0.1) is 31.4 Å². The Morgan fingerprint density at radius 3 is 2.38 bits per heavy atom. The van der Waals surface area contributed by atoms with E-state index in [2.05, 4.69) is 22.1 Å². The fourth-order valence-corrected chi connectivity index (χ4v) is 3.66. The summed E-state index contributed by atoms with van der Waals surface area (Å²) >= 11 is 0. The van der Waals surface area contributed by atoms with E-state index in [4.69, 9.17) is 9.47 Å². The lowest BCUT2D eigenvalue weighted by atomic mass is 9.96. The van der Waals surface area contributed by atoms with Crippen LogP contribution in [0.2, 0.25) is 0 Å². The van der Waals surface area contributed by atoms with Crippen LogP contribution < -0.4 is 10.6 Å². The van der Waals surface area contributed by atoms with E-state index in [0.29, 0.717) is 25.8 Å². The molecule has 0 saturated carbocycles. The molecule has 2 N–H and O–H groups in total. The first-order valence-electron chi connectivity index (χ1n) is 10.4. The summed E-state index contributed by atoms with van der Waals surface area (Å²) in [6.07, 6.45) is -2.97. The number of ether oxygens (including phenoxy) is 2. The topological polar surface area (TPSA) is 62.8 Å². The Labute approximate surface area is 185 Å². The van der Waals surface area contributed by atoms with E-state index in [0.717, 1.165) is 38.1 Å². The van der Waals surface area contributed by atoms with Gasteiger partial charge in [-0.1, -0.05) is 6.58 Å². The minimum atomic E-state index is -4.62. The molecule has 0 atom stereocenters. The standard InChI is InChI=1S/C22H31F4N3O3/c1-15(17-8-18(22(24,25)26)10-19(23)9-17)27-11-16-4-6-29(7-5-16)12-21(30)28-20(13-31-2)14-32-3/h8-10,16,20,27H,1,4-7,11-14H2,2-3H3,(H,28,30). The molecule has 6 nitrogen and oxygen atoms in total. The maximum Gasteiger partial charge on any atom is 0.416 e. The second kappa shape index (κ2) is 12.2. The third kappa shape index (κ3) is 8.40. The van der Waals surface area contributed by atoms with E-state index in [1.807, 2.05) is 0 Å². The highest BCUT2D eigenvalue weighted by atomic mass is 19.4. The second-order valence-electron chi connectivity index (χ2n) is 7.98. The van der Waals surface area contributed by atoms with E-state index in [1.165, 1.54) is 0 Å². The molecule has 0 aromatic heterocycles. The number of piperidine rings is 1. The normalized spacial score (nSPS) is 15.7. The number of alkyl halides is 3. The molecule has 0 bridgehead atoms. The van der Waals surface area contributed by atoms with Gasteiger partial charge in [0.2, 0.25) is 5.91 Å². The van der Waals surface area contributed by atoms with Gasteiger partial charge in [-0.15, -0.1) is 0 Å². The molecule has 10 heteroatoms. The number of rotatable bonds is 11. The van der Waals surface area contributed by atoms with Crippen LogP contribution in [0.25, 0.3) is 5.70 Å². The molecule has 1 amide bonds. The number of nitrogens with zero attached hydrogens (tertiary/aromatic N) is 1. The van der Waals surface area contributed by atoms with Crippen LogP contribution in [0.3, 0.4) is 0 Å². The number of nitrogens with one attached hydrogen (secondary N) is 2. The average molecular weight is 462 g/mol. The lowest BCUT2D eigenvalue weighted by Crippen LogP contribution is -2.47. The molecule has 0 radical (unpaired) electrons. The van der Waals surface area contributed by atoms with E-state index in [9.17, 15) is 22.4 Å². The first kappa shape index (κ1) is 26.1. The number of amides is 1. The lowest BCUT2D eigenvalue weighted by molar-refractivity contribution is -0.137. The SMILES string of the molecule is C=C(NCC1CCN(CC(=O)NC(COC)COC)CC1)c1cc(F)cc(C(F)(F)F)c1. The molecule has 0 aliphatic carbocycles. The Hall–Kier alpha value is -2.17. The Kier molecular flexibility index (Phi) is 9.92. The molecule has 1 fully saturated rings. The molecule has 0 spiro atoms. The molecule has 0 unspecified atom stereocenters. The summed E-state index contributed by atoms with van der Waals surface area (Å²) in [4.78, 5) is 14.3. The Balaban J connectivity index is 1.77. The van der Waals surface area contributed by atoms with Crippen LogP contribution in [0, 0.1) is 11.7 Å². The number of carbonyl (C=O) groups is 1. The molecule has 180 valence electrons. The Bertz CT molecular complexity index is 759. The highest BCUT2D eigenvalue weighted by Gasteiger charge is 2.31. The van der Waals surface area contributed by atoms with Crippen molar-refractivity contribution in [3.8, 4) is 0 Å². The molecule has 32 heavy (non-hydrogen) atoms. The molecule has 1 aliphatic heterocycles. The molecule has 1 saturated heterocycles. The maximum atomic E-state index is 13.6. The van der Waals surface area contributed by atoms with Gasteiger partial charge >= 0.3 is 6.18 Å². The molecule has 1 aliphatic rings. The smallest absolute Gasteiger partial charge is 0.385 e. The summed E-state index contributed by atoms with van der Waals surface area (Å²) < 4.78 is 62.4. The van der Waals surface area contributed by atoms with Gasteiger partial charge in [0.25, 0.3) is 0 Å². The number of benzene rings is 1. The predicted octanol–water partition coefficient (Wildman–Crippen LogP) is 2.89. The van der Waals surface area contributed by atoms with Gasteiger partial charge in [0.1, 0.15) is 5.82 Å². The van der Waals surface area contributed by atoms with Crippen molar-refractivity contribution >= 4 is 11.6 Å². The lowest BCUT2D eigenvalue weighted by Gasteiger charge is -2.32. The van der Waals surface area contributed by atoms with Crippen LogP contribution in [-0.4, -0.2) is 70.5 Å². The van der Waals surface area contributed by atoms with Crippen molar-refractivity contribution in [2.24, 2.45) is 5.92 Å². The number of hydrogen-bond acceptors (Lipinski definition) is 5. The molecular weight excluding hydrogens is 430 g/mol. The summed E-state index contributed by atoms with van der Waals surface area (Å²) in [5, 5.41) is 5.92. The summed E-state index contributed by atoms with van der Waals surface area (Å²) in [7, 11) is 3.12. The van der Waals surface area contributed by atoms with Crippen molar-refractivity contribution in [3.63, 3.8) is 0 Å². The summed E-state index contributed by atoms with van der Waals surface area (Å²) in [5.74, 6) is -0.778. The van der Waals surface area contributed by atoms with Gasteiger partial charge in [0.15, 0.2) is 0 Å². The average Bonchev–Trinajstić information content (AvgIpc) is 2.72. The van der Waals surface area contributed by atoms with Crippen molar-refractivity contribution in [1.82, 2.24) is 15.5 Å². The molecule has 1 heterocycles. The fraction of sp³-hybridized carbons (Fsp3) is 0.591. The summed E-state index contributed by atoms with van der Waals surface area (Å²) in [6, 6.07) is 2.19. The van der Waals surface area contributed by atoms with Gasteiger partial charge < -0.3 is 20.1 Å². The highest BCUT2D eigenvalue weighted by molar-refractivity contribution is 5.78. The van der Waals surface area contributed by atoms with Crippen LogP contribution >= 0.6 is 0 Å². The summed E-state index contributed by atoms with van der Waals surface area (Å²) in [5.41, 5.74) is -0.715. The third-order valence-electron chi connectivity index (χ3n) is 5.35. The van der Waals surface area contributed by atoms with Crippen LogP contribution in [0.1, 0.15) is 24.0 Å². The molecule has 1 aromatic rings. The van der Waals surface area contributed by atoms with Gasteiger partial charge in [-0.05, 0) is 50.0 Å². The Morgan fingerprint density at radius 1 is 1.19 bits per heavy atom. The van der Waals surface area contributed by atoms with E-state index in [-0.39, 0.29) is 35.7 Å². The predicted molar refractivity (Wildman–Crippen MR) is 113 cm³/mol. The summed E-state index contributed by atoms with van der Waals surface area (Å²) in [6.45, 7) is 6.74. The zero-order valence-corrected chi connectivity index (χ0v) is 18.4. The Morgan fingerprint density at radius 2 is 1.81 bits per heavy atom. The highest BCUT2D eigenvalue weighted by Crippen LogP contribution is 2.31. The van der Waals surface area contributed by atoms with Gasteiger partial charge in [-0.25, -0.2) is 4.39 Å². The van der Waals surface area contributed by atoms with Crippen molar-refractivity contribution in [3.05, 3.63) is 41.7 Å². The first-order chi connectivity index (χ1) is 15.1.